The van der Waals surface area contributed by atoms with Gasteiger partial charge in [0.15, 0.2) is 5.58 Å². The molecule has 0 amide bonds. The number of aromatic nitrogens is 1. The summed E-state index contributed by atoms with van der Waals surface area (Å²) < 4.78 is 23.6. The van der Waals surface area contributed by atoms with Crippen molar-refractivity contribution < 1.29 is 23.4 Å². The number of fused-ring (bicyclic) bond motifs is 1. The monoisotopic (exact) mass is 711 g/mol. The van der Waals surface area contributed by atoms with Crippen molar-refractivity contribution in [3.63, 3.8) is 0 Å². The molecule has 6 heteroatoms. The van der Waals surface area contributed by atoms with E-state index in [9.17, 15) is 4.79 Å². The predicted molar refractivity (Wildman–Crippen MR) is 215 cm³/mol. The minimum Gasteiger partial charge on any atom is -0.494 e. The zero-order valence-electron chi connectivity index (χ0n) is 32.3. The summed E-state index contributed by atoms with van der Waals surface area (Å²) in [7, 11) is 0. The van der Waals surface area contributed by atoms with Crippen LogP contribution in [0, 0.1) is 0 Å². The molecule has 4 aromatic rings. The molecule has 3 aromatic carbocycles. The Morgan fingerprint density at radius 3 is 1.48 bits per heavy atom. The average molecular weight is 712 g/mol. The number of hydrogen-bond acceptors (Lipinski definition) is 6. The summed E-state index contributed by atoms with van der Waals surface area (Å²) in [5, 5.41) is 0. The van der Waals surface area contributed by atoms with Crippen LogP contribution in [0.4, 0.5) is 0 Å². The molecule has 6 nitrogen and oxygen atoms in total. The molecule has 0 aliphatic heterocycles. The third-order valence-corrected chi connectivity index (χ3v) is 9.79. The van der Waals surface area contributed by atoms with E-state index < -0.39 is 5.97 Å². The van der Waals surface area contributed by atoms with Gasteiger partial charge in [-0.1, -0.05) is 142 Å². The molecule has 0 radical (unpaired) electrons. The summed E-state index contributed by atoms with van der Waals surface area (Å²) in [5.74, 6) is 2.13. The number of benzene rings is 3. The number of esters is 1. The highest BCUT2D eigenvalue weighted by molar-refractivity contribution is 5.91. The van der Waals surface area contributed by atoms with E-state index in [1.165, 1.54) is 128 Å². The van der Waals surface area contributed by atoms with Crippen LogP contribution >= 0.6 is 0 Å². The van der Waals surface area contributed by atoms with Gasteiger partial charge in [-0.25, -0.2) is 9.78 Å². The lowest BCUT2D eigenvalue weighted by Crippen LogP contribution is -2.08. The normalized spacial score (nSPS) is 11.3. The lowest BCUT2D eigenvalue weighted by Gasteiger charge is -2.08. The quantitative estimate of drug-likeness (QED) is 0.0317. The smallest absolute Gasteiger partial charge is 0.343 e. The van der Waals surface area contributed by atoms with Crippen LogP contribution in [0.3, 0.4) is 0 Å². The molecule has 0 atom stereocenters. The summed E-state index contributed by atoms with van der Waals surface area (Å²) in [6.45, 7) is 5.94. The van der Waals surface area contributed by atoms with Gasteiger partial charge in [0.2, 0.25) is 5.89 Å². The Labute approximate surface area is 314 Å². The molecule has 0 N–H and O–H groups in total. The fraction of sp³-hybridized carbons (Fsp3) is 0.565. The van der Waals surface area contributed by atoms with Crippen LogP contribution in [-0.4, -0.2) is 24.2 Å². The topological polar surface area (TPSA) is 70.8 Å². The van der Waals surface area contributed by atoms with Crippen LogP contribution in [0.15, 0.2) is 71.1 Å². The Hall–Kier alpha value is -3.80. The first-order valence-corrected chi connectivity index (χ1v) is 20.7. The maximum atomic E-state index is 12.8. The number of oxazole rings is 1. The highest BCUT2D eigenvalue weighted by Crippen LogP contribution is 2.29. The zero-order chi connectivity index (χ0) is 36.5. The predicted octanol–water partition coefficient (Wildman–Crippen LogP) is 14.1. The van der Waals surface area contributed by atoms with Crippen molar-refractivity contribution >= 4 is 17.1 Å². The van der Waals surface area contributed by atoms with Crippen LogP contribution in [0.1, 0.15) is 165 Å². The van der Waals surface area contributed by atoms with Crippen LogP contribution < -0.4 is 14.2 Å². The molecule has 0 bridgehead atoms. The van der Waals surface area contributed by atoms with E-state index in [1.54, 1.807) is 24.3 Å². The molecule has 284 valence electrons. The van der Waals surface area contributed by atoms with Crippen molar-refractivity contribution in [3.05, 3.63) is 72.3 Å². The van der Waals surface area contributed by atoms with E-state index in [-0.39, 0.29) is 0 Å². The Morgan fingerprint density at radius 2 is 0.962 bits per heavy atom. The van der Waals surface area contributed by atoms with Gasteiger partial charge in [-0.05, 0) is 73.5 Å². The molecule has 0 spiro atoms. The minimum absolute atomic E-state index is 0.410. The Bertz CT molecular complexity index is 1510. The molecular formula is C46H65NO5. The standard InChI is InChI=1S/C46H65NO5/c1-3-5-7-9-11-13-15-16-18-19-21-23-35-49-40-29-27-39(28-30-40)46(48)51-41-31-25-38(26-32-41)45-47-43-34-33-42(37-44(43)52-45)50-36-24-22-20-17-14-12-10-8-6-4-2/h25-34,37H,3-24,35-36H2,1-2H3. The van der Waals surface area contributed by atoms with Crippen LogP contribution in [-0.2, 0) is 0 Å². The second kappa shape index (κ2) is 25.2. The molecule has 1 aromatic heterocycles. The first-order chi connectivity index (χ1) is 25.7. The van der Waals surface area contributed by atoms with Gasteiger partial charge in [0.05, 0.1) is 18.8 Å². The number of carbonyl (C=O) groups excluding carboxylic acids is 1. The van der Waals surface area contributed by atoms with Crippen LogP contribution in [0.25, 0.3) is 22.6 Å². The first kappa shape index (κ1) is 41.0. The third kappa shape index (κ3) is 15.8. The fourth-order valence-corrected chi connectivity index (χ4v) is 6.55. The summed E-state index contributed by atoms with van der Waals surface area (Å²) >= 11 is 0. The van der Waals surface area contributed by atoms with Crippen molar-refractivity contribution in [1.82, 2.24) is 4.98 Å². The van der Waals surface area contributed by atoms with Gasteiger partial charge in [-0.2, -0.15) is 0 Å². The number of ether oxygens (including phenoxy) is 3. The molecule has 0 aliphatic rings. The lowest BCUT2D eigenvalue weighted by molar-refractivity contribution is 0.0734. The van der Waals surface area contributed by atoms with Gasteiger partial charge in [0.25, 0.3) is 0 Å². The number of rotatable bonds is 29. The molecule has 52 heavy (non-hydrogen) atoms. The van der Waals surface area contributed by atoms with Gasteiger partial charge < -0.3 is 18.6 Å². The number of carbonyl (C=O) groups is 1. The first-order valence-electron chi connectivity index (χ1n) is 20.7. The van der Waals surface area contributed by atoms with Gasteiger partial charge >= 0.3 is 5.97 Å². The Morgan fingerprint density at radius 1 is 0.519 bits per heavy atom. The van der Waals surface area contributed by atoms with E-state index in [0.717, 1.165) is 35.4 Å². The second-order valence-corrected chi connectivity index (χ2v) is 14.4. The average Bonchev–Trinajstić information content (AvgIpc) is 3.60. The summed E-state index contributed by atoms with van der Waals surface area (Å²) in [4.78, 5) is 17.5. The number of hydrogen-bond donors (Lipinski definition) is 0. The molecule has 0 saturated carbocycles. The summed E-state index contributed by atoms with van der Waals surface area (Å²) in [6.07, 6.45) is 28.9. The minimum atomic E-state index is -0.410. The van der Waals surface area contributed by atoms with Gasteiger partial charge in [0, 0.05) is 11.6 Å². The second-order valence-electron chi connectivity index (χ2n) is 14.4. The van der Waals surface area contributed by atoms with Crippen molar-refractivity contribution in [2.75, 3.05) is 13.2 Å². The fourth-order valence-electron chi connectivity index (χ4n) is 6.55. The van der Waals surface area contributed by atoms with Crippen LogP contribution in [0.2, 0.25) is 0 Å². The van der Waals surface area contributed by atoms with Crippen molar-refractivity contribution in [3.8, 4) is 28.7 Å². The molecular weight excluding hydrogens is 647 g/mol. The van der Waals surface area contributed by atoms with Crippen molar-refractivity contribution in [1.29, 1.82) is 0 Å². The number of unbranched alkanes of at least 4 members (excludes halogenated alkanes) is 20. The highest BCUT2D eigenvalue weighted by atomic mass is 16.5. The molecule has 0 saturated heterocycles. The highest BCUT2D eigenvalue weighted by Gasteiger charge is 2.12. The van der Waals surface area contributed by atoms with Crippen molar-refractivity contribution in [2.24, 2.45) is 0 Å². The summed E-state index contributed by atoms with van der Waals surface area (Å²) in [5.41, 5.74) is 2.75. The molecule has 4 rings (SSSR count). The van der Waals surface area contributed by atoms with E-state index in [0.29, 0.717) is 36.0 Å². The van der Waals surface area contributed by atoms with E-state index in [4.69, 9.17) is 18.6 Å². The molecule has 0 unspecified atom stereocenters. The molecule has 1 heterocycles. The van der Waals surface area contributed by atoms with Crippen LogP contribution in [0.5, 0.6) is 17.2 Å². The third-order valence-electron chi connectivity index (χ3n) is 9.79. The maximum Gasteiger partial charge on any atom is 0.343 e. The molecule has 0 fully saturated rings. The van der Waals surface area contributed by atoms with E-state index >= 15 is 0 Å². The summed E-state index contributed by atoms with van der Waals surface area (Å²) in [6, 6.07) is 20.2. The zero-order valence-corrected chi connectivity index (χ0v) is 32.3. The van der Waals surface area contributed by atoms with Gasteiger partial charge in [-0.3, -0.25) is 0 Å². The Kier molecular flexibility index (Phi) is 19.9. The maximum absolute atomic E-state index is 12.8. The van der Waals surface area contributed by atoms with E-state index in [1.807, 2.05) is 42.5 Å². The Balaban J connectivity index is 1.10. The van der Waals surface area contributed by atoms with E-state index in [2.05, 4.69) is 18.8 Å². The SMILES string of the molecule is CCCCCCCCCCCCCCOc1ccc(C(=O)Oc2ccc(-c3nc4ccc(OCCCCCCCCCCCC)cc4o3)cc2)cc1. The number of nitrogens with zero attached hydrogens (tertiary/aromatic N) is 1. The largest absolute Gasteiger partial charge is 0.494 e. The molecule has 0 aliphatic carbocycles. The van der Waals surface area contributed by atoms with Crippen molar-refractivity contribution in [2.45, 2.75) is 155 Å². The lowest BCUT2D eigenvalue weighted by atomic mass is 10.1. The van der Waals surface area contributed by atoms with Gasteiger partial charge in [-0.15, -0.1) is 0 Å². The van der Waals surface area contributed by atoms with Gasteiger partial charge in [0.1, 0.15) is 22.8 Å².